The van der Waals surface area contributed by atoms with E-state index in [-0.39, 0.29) is 18.6 Å². The highest BCUT2D eigenvalue weighted by atomic mass is 35.5. The predicted molar refractivity (Wildman–Crippen MR) is 101 cm³/mol. The summed E-state index contributed by atoms with van der Waals surface area (Å²) >= 11 is 6.02. The molecule has 0 heterocycles. The number of hydrogen-bond donors (Lipinski definition) is 2. The predicted octanol–water partition coefficient (Wildman–Crippen LogP) is 3.55. The molecule has 0 aliphatic heterocycles. The lowest BCUT2D eigenvalue weighted by atomic mass is 10.1. The van der Waals surface area contributed by atoms with Crippen LogP contribution in [0.5, 0.6) is 11.5 Å². The summed E-state index contributed by atoms with van der Waals surface area (Å²) in [4.78, 5) is 23.5. The van der Waals surface area contributed by atoms with E-state index in [2.05, 4.69) is 5.32 Å². The molecule has 0 aliphatic carbocycles. The summed E-state index contributed by atoms with van der Waals surface area (Å²) in [6, 6.07) is 9.96. The average molecular weight is 377 g/mol. The van der Waals surface area contributed by atoms with Gasteiger partial charge in [-0.05, 0) is 62.7 Å². The molecule has 3 N–H and O–H groups in total. The number of nitrogens with one attached hydrogen (secondary N) is 1. The second-order valence-electron chi connectivity index (χ2n) is 5.99. The van der Waals surface area contributed by atoms with Crippen LogP contribution in [-0.4, -0.2) is 24.5 Å². The van der Waals surface area contributed by atoms with Crippen molar-refractivity contribution in [3.8, 4) is 11.5 Å². The van der Waals surface area contributed by atoms with Gasteiger partial charge >= 0.3 is 0 Å². The molecule has 0 saturated carbocycles. The SMILES string of the molecule is Cc1cc(OCC(N)=O)ccc1NC(=O)c1cc(Cl)ccc1OC(C)C. The Labute approximate surface area is 157 Å². The van der Waals surface area contributed by atoms with Gasteiger partial charge in [-0.25, -0.2) is 0 Å². The topological polar surface area (TPSA) is 90.6 Å². The van der Waals surface area contributed by atoms with E-state index in [1.165, 1.54) is 0 Å². The van der Waals surface area contributed by atoms with Crippen LogP contribution >= 0.6 is 11.6 Å². The molecule has 0 saturated heterocycles. The van der Waals surface area contributed by atoms with Crippen molar-refractivity contribution in [2.75, 3.05) is 11.9 Å². The number of rotatable bonds is 7. The molecule has 0 spiro atoms. The Kier molecular flexibility index (Phi) is 6.46. The molecule has 2 aromatic rings. The van der Waals surface area contributed by atoms with Crippen molar-refractivity contribution in [2.24, 2.45) is 5.73 Å². The Morgan fingerprint density at radius 2 is 1.92 bits per heavy atom. The highest BCUT2D eigenvalue weighted by Crippen LogP contribution is 2.27. The standard InChI is InChI=1S/C19H21ClN2O4/c1-11(2)26-17-7-4-13(20)9-15(17)19(24)22-16-6-5-14(8-12(16)3)25-10-18(21)23/h4-9,11H,10H2,1-3H3,(H2,21,23)(H,22,24). The number of carbonyl (C=O) groups excluding carboxylic acids is 2. The molecular formula is C19H21ClN2O4. The van der Waals surface area contributed by atoms with Gasteiger partial charge in [0.25, 0.3) is 11.8 Å². The fourth-order valence-electron chi connectivity index (χ4n) is 2.25. The lowest BCUT2D eigenvalue weighted by molar-refractivity contribution is -0.119. The third-order valence-electron chi connectivity index (χ3n) is 3.38. The van der Waals surface area contributed by atoms with E-state index >= 15 is 0 Å². The normalized spacial score (nSPS) is 10.5. The van der Waals surface area contributed by atoms with Gasteiger partial charge in [-0.2, -0.15) is 0 Å². The largest absolute Gasteiger partial charge is 0.490 e. The molecule has 2 rings (SSSR count). The monoisotopic (exact) mass is 376 g/mol. The van der Waals surface area contributed by atoms with Crippen molar-refractivity contribution in [3.05, 3.63) is 52.5 Å². The molecular weight excluding hydrogens is 356 g/mol. The maximum absolute atomic E-state index is 12.7. The van der Waals surface area contributed by atoms with Crippen molar-refractivity contribution in [3.63, 3.8) is 0 Å². The maximum atomic E-state index is 12.7. The molecule has 26 heavy (non-hydrogen) atoms. The highest BCUT2D eigenvalue weighted by Gasteiger charge is 2.16. The molecule has 0 unspecified atom stereocenters. The maximum Gasteiger partial charge on any atom is 0.259 e. The van der Waals surface area contributed by atoms with Crippen molar-refractivity contribution < 1.29 is 19.1 Å². The van der Waals surface area contributed by atoms with Crippen molar-refractivity contribution in [2.45, 2.75) is 26.9 Å². The molecule has 0 aromatic heterocycles. The average Bonchev–Trinajstić information content (AvgIpc) is 2.56. The van der Waals surface area contributed by atoms with Crippen molar-refractivity contribution >= 4 is 29.1 Å². The molecule has 0 radical (unpaired) electrons. The Balaban J connectivity index is 2.19. The molecule has 0 aliphatic rings. The number of nitrogens with two attached hydrogens (primary N) is 1. The van der Waals surface area contributed by atoms with Gasteiger partial charge in [0.1, 0.15) is 11.5 Å². The molecule has 6 nitrogen and oxygen atoms in total. The van der Waals surface area contributed by atoms with Gasteiger partial charge in [0.05, 0.1) is 11.7 Å². The molecule has 2 aromatic carbocycles. The second-order valence-corrected chi connectivity index (χ2v) is 6.43. The Hall–Kier alpha value is -2.73. The fourth-order valence-corrected chi connectivity index (χ4v) is 2.42. The molecule has 0 fully saturated rings. The number of anilines is 1. The van der Waals surface area contributed by atoms with E-state index in [0.29, 0.717) is 27.8 Å². The van der Waals surface area contributed by atoms with Gasteiger partial charge in [0.15, 0.2) is 6.61 Å². The quantitative estimate of drug-likeness (QED) is 0.773. The first-order valence-electron chi connectivity index (χ1n) is 8.05. The fraction of sp³-hybridized carbons (Fsp3) is 0.263. The first-order valence-corrected chi connectivity index (χ1v) is 8.43. The highest BCUT2D eigenvalue weighted by molar-refractivity contribution is 6.31. The zero-order valence-electron chi connectivity index (χ0n) is 14.8. The van der Waals surface area contributed by atoms with E-state index < -0.39 is 5.91 Å². The van der Waals surface area contributed by atoms with E-state index in [9.17, 15) is 9.59 Å². The summed E-state index contributed by atoms with van der Waals surface area (Å²) in [6.45, 7) is 5.37. The first-order chi connectivity index (χ1) is 12.3. The van der Waals surface area contributed by atoms with E-state index in [0.717, 1.165) is 5.56 Å². The zero-order valence-corrected chi connectivity index (χ0v) is 15.6. The first kappa shape index (κ1) is 19.6. The summed E-state index contributed by atoms with van der Waals surface area (Å²) in [5, 5.41) is 3.28. The van der Waals surface area contributed by atoms with Crippen LogP contribution in [0.3, 0.4) is 0 Å². The Morgan fingerprint density at radius 3 is 2.54 bits per heavy atom. The van der Waals surface area contributed by atoms with Crippen LogP contribution in [0.1, 0.15) is 29.8 Å². The second kappa shape index (κ2) is 8.58. The lowest BCUT2D eigenvalue weighted by Gasteiger charge is -2.15. The minimum Gasteiger partial charge on any atom is -0.490 e. The number of amides is 2. The Bertz CT molecular complexity index is 821. The van der Waals surface area contributed by atoms with Crippen molar-refractivity contribution in [1.82, 2.24) is 0 Å². The lowest BCUT2D eigenvalue weighted by Crippen LogP contribution is -2.20. The molecule has 0 atom stereocenters. The minimum absolute atomic E-state index is 0.0776. The Morgan fingerprint density at radius 1 is 1.19 bits per heavy atom. The van der Waals surface area contributed by atoms with Crippen LogP contribution < -0.4 is 20.5 Å². The summed E-state index contributed by atoms with van der Waals surface area (Å²) in [5.74, 6) is 0.0579. The number of carbonyl (C=O) groups is 2. The van der Waals surface area contributed by atoms with Crippen LogP contribution in [0, 0.1) is 6.92 Å². The summed E-state index contributed by atoms with van der Waals surface area (Å²) in [6.07, 6.45) is -0.0776. The van der Waals surface area contributed by atoms with Gasteiger partial charge in [0.2, 0.25) is 0 Å². The molecule has 0 bridgehead atoms. The van der Waals surface area contributed by atoms with Gasteiger partial charge in [0, 0.05) is 10.7 Å². The summed E-state index contributed by atoms with van der Waals surface area (Å²) in [7, 11) is 0. The number of halogens is 1. The molecule has 2 amide bonds. The van der Waals surface area contributed by atoms with Gasteiger partial charge in [-0.1, -0.05) is 11.6 Å². The van der Waals surface area contributed by atoms with Crippen LogP contribution in [0.4, 0.5) is 5.69 Å². The third kappa shape index (κ3) is 5.39. The van der Waals surface area contributed by atoms with Gasteiger partial charge in [-0.15, -0.1) is 0 Å². The van der Waals surface area contributed by atoms with Crippen LogP contribution in [0.2, 0.25) is 5.02 Å². The van der Waals surface area contributed by atoms with E-state index in [1.54, 1.807) is 36.4 Å². The third-order valence-corrected chi connectivity index (χ3v) is 3.61. The van der Waals surface area contributed by atoms with E-state index in [1.807, 2.05) is 20.8 Å². The number of ether oxygens (including phenoxy) is 2. The zero-order chi connectivity index (χ0) is 19.3. The smallest absolute Gasteiger partial charge is 0.259 e. The van der Waals surface area contributed by atoms with Crippen LogP contribution in [-0.2, 0) is 4.79 Å². The number of hydrogen-bond acceptors (Lipinski definition) is 4. The minimum atomic E-state index is -0.557. The van der Waals surface area contributed by atoms with Gasteiger partial charge < -0.3 is 20.5 Å². The van der Waals surface area contributed by atoms with Crippen LogP contribution in [0.15, 0.2) is 36.4 Å². The van der Waals surface area contributed by atoms with Gasteiger partial charge in [-0.3, -0.25) is 9.59 Å². The van der Waals surface area contributed by atoms with E-state index in [4.69, 9.17) is 26.8 Å². The van der Waals surface area contributed by atoms with Crippen LogP contribution in [0.25, 0.3) is 0 Å². The number of benzene rings is 2. The molecule has 138 valence electrons. The summed E-state index contributed by atoms with van der Waals surface area (Å²) < 4.78 is 10.9. The molecule has 7 heteroatoms. The number of aryl methyl sites for hydroxylation is 1. The van der Waals surface area contributed by atoms with Crippen molar-refractivity contribution in [1.29, 1.82) is 0 Å². The number of primary amides is 1. The summed E-state index contributed by atoms with van der Waals surface area (Å²) in [5.41, 5.74) is 6.78.